The molecule has 0 aliphatic heterocycles. The molecule has 1 aliphatic carbocycles. The van der Waals surface area contributed by atoms with Gasteiger partial charge in [0.1, 0.15) is 5.82 Å². The molecule has 1 saturated carbocycles. The molecule has 0 aromatic carbocycles. The molecule has 0 atom stereocenters. The van der Waals surface area contributed by atoms with Gasteiger partial charge in [-0.25, -0.2) is 4.98 Å². The van der Waals surface area contributed by atoms with Crippen LogP contribution >= 0.6 is 11.6 Å². The Labute approximate surface area is 96.3 Å². The molecule has 1 aromatic rings. The molecule has 0 spiro atoms. The summed E-state index contributed by atoms with van der Waals surface area (Å²) in [6.45, 7) is 3.15. The van der Waals surface area contributed by atoms with Crippen molar-refractivity contribution in [2.45, 2.75) is 25.6 Å². The molecule has 0 N–H and O–H groups in total. The minimum Gasteiger partial charge on any atom is -0.359 e. The van der Waals surface area contributed by atoms with Crippen LogP contribution < -0.4 is 4.90 Å². The fourth-order valence-electron chi connectivity index (χ4n) is 1.71. The van der Waals surface area contributed by atoms with Gasteiger partial charge in [0.15, 0.2) is 0 Å². The molecule has 0 bridgehead atoms. The maximum absolute atomic E-state index is 5.80. The van der Waals surface area contributed by atoms with Crippen LogP contribution in [-0.4, -0.2) is 18.6 Å². The average Bonchev–Trinajstić information content (AvgIpc) is 3.01. The summed E-state index contributed by atoms with van der Waals surface area (Å²) in [5.74, 6) is 2.50. The average molecular weight is 225 g/mol. The normalized spacial score (nSPS) is 15.4. The van der Waals surface area contributed by atoms with Gasteiger partial charge in [-0.3, -0.25) is 0 Å². The monoisotopic (exact) mass is 224 g/mol. The zero-order valence-corrected chi connectivity index (χ0v) is 10.1. The zero-order valence-electron chi connectivity index (χ0n) is 9.33. The minimum absolute atomic E-state index is 0.547. The fourth-order valence-corrected chi connectivity index (χ4v) is 1.99. The molecule has 82 valence electrons. The van der Waals surface area contributed by atoms with Gasteiger partial charge in [-0.1, -0.05) is 6.07 Å². The number of pyridine rings is 1. The highest BCUT2D eigenvalue weighted by Gasteiger charge is 2.23. The van der Waals surface area contributed by atoms with Gasteiger partial charge in [0.05, 0.1) is 0 Å². The third-order valence-corrected chi connectivity index (χ3v) is 3.23. The van der Waals surface area contributed by atoms with Gasteiger partial charge in [-0.15, -0.1) is 11.6 Å². The van der Waals surface area contributed by atoms with Crippen LogP contribution in [0.5, 0.6) is 0 Å². The highest BCUT2D eigenvalue weighted by molar-refractivity contribution is 6.17. The van der Waals surface area contributed by atoms with Crippen molar-refractivity contribution in [1.29, 1.82) is 0 Å². The number of hydrogen-bond donors (Lipinski definition) is 0. The number of halogens is 1. The van der Waals surface area contributed by atoms with Crippen molar-refractivity contribution in [3.05, 3.63) is 23.4 Å². The van der Waals surface area contributed by atoms with Gasteiger partial charge in [-0.05, 0) is 37.3 Å². The van der Waals surface area contributed by atoms with Gasteiger partial charge < -0.3 is 4.90 Å². The lowest BCUT2D eigenvalue weighted by molar-refractivity contribution is 0.775. The maximum Gasteiger partial charge on any atom is 0.128 e. The van der Waals surface area contributed by atoms with Gasteiger partial charge in [-0.2, -0.15) is 0 Å². The van der Waals surface area contributed by atoms with Gasteiger partial charge in [0.25, 0.3) is 0 Å². The van der Waals surface area contributed by atoms with Gasteiger partial charge in [0.2, 0.25) is 0 Å². The smallest absolute Gasteiger partial charge is 0.128 e. The van der Waals surface area contributed by atoms with E-state index < -0.39 is 0 Å². The van der Waals surface area contributed by atoms with Crippen LogP contribution in [-0.2, 0) is 5.88 Å². The molecule has 0 unspecified atom stereocenters. The molecule has 3 heteroatoms. The topological polar surface area (TPSA) is 16.1 Å². The van der Waals surface area contributed by atoms with Crippen molar-refractivity contribution >= 4 is 17.4 Å². The van der Waals surface area contributed by atoms with Crippen molar-refractivity contribution in [1.82, 2.24) is 4.98 Å². The number of anilines is 1. The van der Waals surface area contributed by atoms with Crippen LogP contribution in [0.15, 0.2) is 12.1 Å². The Morgan fingerprint density at radius 3 is 2.73 bits per heavy atom. The van der Waals surface area contributed by atoms with E-state index in [0.717, 1.165) is 29.5 Å². The Morgan fingerprint density at radius 1 is 1.47 bits per heavy atom. The summed E-state index contributed by atoms with van der Waals surface area (Å²) in [6.07, 6.45) is 2.76. The number of rotatable bonds is 4. The first-order chi connectivity index (χ1) is 7.20. The standard InChI is InChI=1S/C12H17ClN2/c1-9-11(7-13)5-6-12(14-9)15(2)8-10-3-4-10/h5-6,10H,3-4,7-8H2,1-2H3. The van der Waals surface area contributed by atoms with Crippen molar-refractivity contribution in [2.24, 2.45) is 5.92 Å². The highest BCUT2D eigenvalue weighted by Crippen LogP contribution is 2.30. The predicted octanol–water partition coefficient (Wildman–Crippen LogP) is 2.98. The molecule has 2 rings (SSSR count). The van der Waals surface area contributed by atoms with Crippen LogP contribution in [0.4, 0.5) is 5.82 Å². The number of nitrogens with zero attached hydrogens (tertiary/aromatic N) is 2. The molecule has 1 aromatic heterocycles. The first-order valence-electron chi connectivity index (χ1n) is 5.44. The first kappa shape index (κ1) is 10.7. The van der Waals surface area contributed by atoms with E-state index in [1.54, 1.807) is 0 Å². The van der Waals surface area contributed by atoms with Crippen LogP contribution in [0.2, 0.25) is 0 Å². The fraction of sp³-hybridized carbons (Fsp3) is 0.583. The predicted molar refractivity (Wildman–Crippen MR) is 64.5 cm³/mol. The van der Waals surface area contributed by atoms with Crippen molar-refractivity contribution in [3.8, 4) is 0 Å². The quantitative estimate of drug-likeness (QED) is 0.731. The molecular formula is C12H17ClN2. The van der Waals surface area contributed by atoms with Crippen LogP contribution in [0.1, 0.15) is 24.1 Å². The van der Waals surface area contributed by atoms with Crippen LogP contribution in [0.25, 0.3) is 0 Å². The number of aryl methyl sites for hydroxylation is 1. The summed E-state index contributed by atoms with van der Waals surface area (Å²) < 4.78 is 0. The second kappa shape index (κ2) is 4.40. The van der Waals surface area contributed by atoms with E-state index >= 15 is 0 Å². The number of aromatic nitrogens is 1. The largest absolute Gasteiger partial charge is 0.359 e. The van der Waals surface area contributed by atoms with E-state index in [0.29, 0.717) is 5.88 Å². The Hall–Kier alpha value is -0.760. The van der Waals surface area contributed by atoms with Gasteiger partial charge >= 0.3 is 0 Å². The summed E-state index contributed by atoms with van der Waals surface area (Å²) in [7, 11) is 2.11. The van der Waals surface area contributed by atoms with Crippen molar-refractivity contribution < 1.29 is 0 Å². The summed E-state index contributed by atoms with van der Waals surface area (Å²) >= 11 is 5.80. The van der Waals surface area contributed by atoms with E-state index in [2.05, 4.69) is 29.1 Å². The second-order valence-electron chi connectivity index (χ2n) is 4.37. The van der Waals surface area contributed by atoms with E-state index in [1.807, 2.05) is 6.92 Å². The van der Waals surface area contributed by atoms with E-state index in [4.69, 9.17) is 11.6 Å². The van der Waals surface area contributed by atoms with E-state index in [1.165, 1.54) is 12.8 Å². The Kier molecular flexibility index (Phi) is 3.15. The molecule has 1 aliphatic rings. The van der Waals surface area contributed by atoms with Crippen molar-refractivity contribution in [3.63, 3.8) is 0 Å². The lowest BCUT2D eigenvalue weighted by Gasteiger charge is -2.18. The SMILES string of the molecule is Cc1nc(N(C)CC2CC2)ccc1CCl. The van der Waals surface area contributed by atoms with Crippen LogP contribution in [0.3, 0.4) is 0 Å². The van der Waals surface area contributed by atoms with Crippen molar-refractivity contribution in [2.75, 3.05) is 18.5 Å². The first-order valence-corrected chi connectivity index (χ1v) is 5.98. The molecule has 1 heterocycles. The highest BCUT2D eigenvalue weighted by atomic mass is 35.5. The lowest BCUT2D eigenvalue weighted by atomic mass is 10.2. The Bertz CT molecular complexity index is 347. The summed E-state index contributed by atoms with van der Waals surface area (Å²) in [5.41, 5.74) is 2.17. The zero-order chi connectivity index (χ0) is 10.8. The van der Waals surface area contributed by atoms with Gasteiger partial charge in [0, 0.05) is 25.2 Å². The summed E-state index contributed by atoms with van der Waals surface area (Å²) in [5, 5.41) is 0. The molecular weight excluding hydrogens is 208 g/mol. The summed E-state index contributed by atoms with van der Waals surface area (Å²) in [4.78, 5) is 6.80. The molecule has 15 heavy (non-hydrogen) atoms. The molecule has 2 nitrogen and oxygen atoms in total. The van der Waals surface area contributed by atoms with E-state index in [-0.39, 0.29) is 0 Å². The minimum atomic E-state index is 0.547. The summed E-state index contributed by atoms with van der Waals surface area (Å²) in [6, 6.07) is 4.14. The molecule has 0 amide bonds. The lowest BCUT2D eigenvalue weighted by Crippen LogP contribution is -2.21. The molecule has 0 saturated heterocycles. The number of alkyl halides is 1. The third-order valence-electron chi connectivity index (χ3n) is 2.94. The maximum atomic E-state index is 5.80. The third kappa shape index (κ3) is 2.63. The molecule has 0 radical (unpaired) electrons. The number of hydrogen-bond acceptors (Lipinski definition) is 2. The second-order valence-corrected chi connectivity index (χ2v) is 4.64. The van der Waals surface area contributed by atoms with E-state index in [9.17, 15) is 0 Å². The Balaban J connectivity index is 2.09. The molecule has 1 fully saturated rings. The Morgan fingerprint density at radius 2 is 2.20 bits per heavy atom. The van der Waals surface area contributed by atoms with Crippen LogP contribution in [0, 0.1) is 12.8 Å².